The molecule has 2 aromatic carbocycles. The maximum absolute atomic E-state index is 9.82. The third-order valence-electron chi connectivity index (χ3n) is 5.92. The molecule has 1 N–H and O–H groups in total. The van der Waals surface area contributed by atoms with Crippen LogP contribution in [0.5, 0.6) is 5.75 Å². The van der Waals surface area contributed by atoms with Gasteiger partial charge in [-0.1, -0.05) is 62.4 Å². The molecule has 1 heterocycles. The zero-order valence-electron chi connectivity index (χ0n) is 15.6. The predicted molar refractivity (Wildman–Crippen MR) is 106 cm³/mol. The Labute approximate surface area is 151 Å². The average Bonchev–Trinajstić information content (AvgIpc) is 2.60. The van der Waals surface area contributed by atoms with Crippen LogP contribution in [0.25, 0.3) is 6.08 Å². The van der Waals surface area contributed by atoms with Gasteiger partial charge in [-0.3, -0.25) is 4.90 Å². The van der Waals surface area contributed by atoms with E-state index in [4.69, 9.17) is 0 Å². The van der Waals surface area contributed by atoms with Gasteiger partial charge < -0.3 is 5.11 Å². The fraction of sp³-hybridized carbons (Fsp3) is 0.391. The highest BCUT2D eigenvalue weighted by Gasteiger charge is 2.37. The maximum Gasteiger partial charge on any atom is 0.115 e. The van der Waals surface area contributed by atoms with E-state index in [9.17, 15) is 5.11 Å². The highest BCUT2D eigenvalue weighted by molar-refractivity contribution is 5.53. The molecule has 0 saturated carbocycles. The third kappa shape index (κ3) is 3.96. The summed E-state index contributed by atoms with van der Waals surface area (Å²) in [5, 5.41) is 9.82. The van der Waals surface area contributed by atoms with Crippen molar-refractivity contribution in [2.45, 2.75) is 32.6 Å². The number of hydrogen-bond acceptors (Lipinski definition) is 2. The Morgan fingerprint density at radius 3 is 2.72 bits per heavy atom. The fourth-order valence-corrected chi connectivity index (χ4v) is 3.88. The molecule has 2 nitrogen and oxygen atoms in total. The number of phenols is 1. The summed E-state index contributed by atoms with van der Waals surface area (Å²) in [5.74, 6) is 0.921. The molecule has 132 valence electrons. The number of aryl methyl sites for hydroxylation is 1. The second-order valence-electron chi connectivity index (χ2n) is 7.64. The molecule has 1 fully saturated rings. The molecular weight excluding hydrogens is 306 g/mol. The van der Waals surface area contributed by atoms with Gasteiger partial charge in [0.05, 0.1) is 0 Å². The summed E-state index contributed by atoms with van der Waals surface area (Å²) in [5.41, 5.74) is 4.02. The molecule has 2 unspecified atom stereocenters. The summed E-state index contributed by atoms with van der Waals surface area (Å²) in [6.45, 7) is 10.0. The van der Waals surface area contributed by atoms with Crippen LogP contribution in [0.4, 0.5) is 0 Å². The second-order valence-corrected chi connectivity index (χ2v) is 7.64. The van der Waals surface area contributed by atoms with E-state index >= 15 is 0 Å². The van der Waals surface area contributed by atoms with Crippen LogP contribution < -0.4 is 0 Å². The smallest absolute Gasteiger partial charge is 0.115 e. The number of nitrogens with zero attached hydrogens (tertiary/aromatic N) is 1. The zero-order chi connectivity index (χ0) is 17.9. The highest BCUT2D eigenvalue weighted by atomic mass is 16.3. The highest BCUT2D eigenvalue weighted by Crippen LogP contribution is 2.40. The molecule has 0 spiro atoms. The molecule has 0 aromatic heterocycles. The molecule has 0 bridgehead atoms. The van der Waals surface area contributed by atoms with Crippen molar-refractivity contribution in [3.63, 3.8) is 0 Å². The van der Waals surface area contributed by atoms with E-state index < -0.39 is 0 Å². The monoisotopic (exact) mass is 335 g/mol. The Kier molecular flexibility index (Phi) is 5.29. The summed E-state index contributed by atoms with van der Waals surface area (Å²) in [6.07, 6.45) is 5.64. The van der Waals surface area contributed by atoms with Crippen LogP contribution in [-0.4, -0.2) is 29.6 Å². The number of piperidine rings is 1. The Morgan fingerprint density at radius 1 is 1.20 bits per heavy atom. The lowest BCUT2D eigenvalue weighted by molar-refractivity contribution is 0.121. The van der Waals surface area contributed by atoms with Crippen LogP contribution in [0.3, 0.4) is 0 Å². The van der Waals surface area contributed by atoms with Crippen LogP contribution in [0.1, 0.15) is 37.0 Å². The SMILES string of the molecule is Cc1ccccc1/C=C/CN1CCC(C)(c2cccc(O)c2)C(C)C1. The average molecular weight is 335 g/mol. The lowest BCUT2D eigenvalue weighted by Crippen LogP contribution is -2.47. The largest absolute Gasteiger partial charge is 0.508 e. The van der Waals surface area contributed by atoms with E-state index in [1.165, 1.54) is 16.7 Å². The summed E-state index contributed by atoms with van der Waals surface area (Å²) < 4.78 is 0. The lowest BCUT2D eigenvalue weighted by atomic mass is 9.68. The van der Waals surface area contributed by atoms with E-state index in [0.717, 1.165) is 26.1 Å². The van der Waals surface area contributed by atoms with Gasteiger partial charge in [0, 0.05) is 13.1 Å². The van der Waals surface area contributed by atoms with Gasteiger partial charge in [0.15, 0.2) is 0 Å². The molecule has 25 heavy (non-hydrogen) atoms. The van der Waals surface area contributed by atoms with Crippen molar-refractivity contribution in [1.29, 1.82) is 0 Å². The van der Waals surface area contributed by atoms with Crippen molar-refractivity contribution in [3.05, 3.63) is 71.3 Å². The van der Waals surface area contributed by atoms with Crippen LogP contribution in [0, 0.1) is 12.8 Å². The minimum absolute atomic E-state index is 0.134. The standard InChI is InChI=1S/C23H29NO/c1-18-8-4-5-9-20(18)10-7-14-24-15-13-23(3,19(2)17-24)21-11-6-12-22(25)16-21/h4-12,16,19,25H,13-15,17H2,1-3H3/b10-7+. The number of hydrogen-bond donors (Lipinski definition) is 1. The van der Waals surface area contributed by atoms with E-state index in [1.54, 1.807) is 6.07 Å². The topological polar surface area (TPSA) is 23.5 Å². The van der Waals surface area contributed by atoms with Crippen LogP contribution in [-0.2, 0) is 5.41 Å². The minimum atomic E-state index is 0.134. The third-order valence-corrected chi connectivity index (χ3v) is 5.92. The summed E-state index contributed by atoms with van der Waals surface area (Å²) in [7, 11) is 0. The number of likely N-dealkylation sites (tertiary alicyclic amines) is 1. The van der Waals surface area contributed by atoms with E-state index in [0.29, 0.717) is 11.7 Å². The van der Waals surface area contributed by atoms with Crippen molar-refractivity contribution < 1.29 is 5.11 Å². The molecule has 0 aliphatic carbocycles. The van der Waals surface area contributed by atoms with Gasteiger partial charge in [0.25, 0.3) is 0 Å². The molecule has 0 radical (unpaired) electrons. The van der Waals surface area contributed by atoms with Gasteiger partial charge >= 0.3 is 0 Å². The Balaban J connectivity index is 1.63. The Morgan fingerprint density at radius 2 is 2.00 bits per heavy atom. The van der Waals surface area contributed by atoms with Gasteiger partial charge in [-0.05, 0) is 60.0 Å². The molecule has 2 atom stereocenters. The first-order valence-corrected chi connectivity index (χ1v) is 9.23. The lowest BCUT2D eigenvalue weighted by Gasteiger charge is -2.45. The van der Waals surface area contributed by atoms with Crippen molar-refractivity contribution in [2.75, 3.05) is 19.6 Å². The van der Waals surface area contributed by atoms with Crippen molar-refractivity contribution in [1.82, 2.24) is 4.90 Å². The quantitative estimate of drug-likeness (QED) is 0.848. The number of phenolic OH excluding ortho intramolecular Hbond substituents is 1. The zero-order valence-corrected chi connectivity index (χ0v) is 15.6. The van der Waals surface area contributed by atoms with Crippen molar-refractivity contribution >= 4 is 6.08 Å². The molecular formula is C23H29NO. The molecule has 0 amide bonds. The van der Waals surface area contributed by atoms with Crippen molar-refractivity contribution in [2.24, 2.45) is 5.92 Å². The Hall–Kier alpha value is -2.06. The molecule has 3 rings (SSSR count). The number of benzene rings is 2. The molecule has 2 aromatic rings. The molecule has 1 aliphatic heterocycles. The van der Waals surface area contributed by atoms with Gasteiger partial charge in [-0.25, -0.2) is 0 Å². The normalized spacial score (nSPS) is 24.7. The van der Waals surface area contributed by atoms with Crippen LogP contribution in [0.2, 0.25) is 0 Å². The summed E-state index contributed by atoms with van der Waals surface area (Å²) in [4.78, 5) is 2.53. The Bertz CT molecular complexity index is 751. The van der Waals surface area contributed by atoms with Crippen molar-refractivity contribution in [3.8, 4) is 5.75 Å². The molecule has 1 saturated heterocycles. The van der Waals surface area contributed by atoms with Gasteiger partial charge in [0.1, 0.15) is 5.75 Å². The fourth-order valence-electron chi connectivity index (χ4n) is 3.88. The summed E-state index contributed by atoms with van der Waals surface area (Å²) >= 11 is 0. The van der Waals surface area contributed by atoms with Crippen LogP contribution >= 0.6 is 0 Å². The van der Waals surface area contributed by atoms with Gasteiger partial charge in [-0.2, -0.15) is 0 Å². The first-order chi connectivity index (χ1) is 12.0. The first kappa shape index (κ1) is 17.8. The number of rotatable bonds is 4. The number of aromatic hydroxyl groups is 1. The van der Waals surface area contributed by atoms with Gasteiger partial charge in [-0.15, -0.1) is 0 Å². The first-order valence-electron chi connectivity index (χ1n) is 9.23. The molecule has 1 aliphatic rings. The predicted octanol–water partition coefficient (Wildman–Crippen LogP) is 5.01. The minimum Gasteiger partial charge on any atom is -0.508 e. The van der Waals surface area contributed by atoms with E-state index in [1.807, 2.05) is 12.1 Å². The second kappa shape index (κ2) is 7.45. The molecule has 2 heteroatoms. The van der Waals surface area contributed by atoms with E-state index in [2.05, 4.69) is 68.2 Å². The maximum atomic E-state index is 9.82. The van der Waals surface area contributed by atoms with Crippen LogP contribution in [0.15, 0.2) is 54.6 Å². The summed E-state index contributed by atoms with van der Waals surface area (Å²) in [6, 6.07) is 16.3. The van der Waals surface area contributed by atoms with Gasteiger partial charge in [0.2, 0.25) is 0 Å². The van der Waals surface area contributed by atoms with E-state index in [-0.39, 0.29) is 5.41 Å².